The Labute approximate surface area is 138 Å². The quantitative estimate of drug-likeness (QED) is 0.583. The van der Waals surface area contributed by atoms with E-state index in [-0.39, 0.29) is 5.56 Å². The Balaban J connectivity index is 2.05. The molecule has 24 heavy (non-hydrogen) atoms. The van der Waals surface area contributed by atoms with Gasteiger partial charge in [0.2, 0.25) is 0 Å². The van der Waals surface area contributed by atoms with Crippen molar-refractivity contribution < 1.29 is 0 Å². The molecule has 0 saturated heterocycles. The van der Waals surface area contributed by atoms with Gasteiger partial charge in [0.05, 0.1) is 11.7 Å². The molecule has 0 fully saturated rings. The number of nitrogens with zero attached hydrogens (tertiary/aromatic N) is 4. The van der Waals surface area contributed by atoms with Crippen molar-refractivity contribution in [2.24, 2.45) is 0 Å². The molecule has 0 saturated carbocycles. The standard InChI is InChI=1S/C19H16N4O/c1-2-22-13-15(8-9-17(22)24)18-16-12-20-10-11-23(16)21-19(18)14-6-4-3-5-7-14/h3-13H,2H2,1H3. The Kier molecular flexibility index (Phi) is 3.46. The minimum Gasteiger partial charge on any atom is -0.315 e. The van der Waals surface area contributed by atoms with Gasteiger partial charge >= 0.3 is 0 Å². The molecule has 0 amide bonds. The number of pyridine rings is 1. The third kappa shape index (κ3) is 2.31. The van der Waals surface area contributed by atoms with E-state index in [4.69, 9.17) is 5.10 Å². The summed E-state index contributed by atoms with van der Waals surface area (Å²) in [5.41, 5.74) is 4.76. The second-order valence-corrected chi connectivity index (χ2v) is 5.54. The average Bonchev–Trinajstić information content (AvgIpc) is 3.02. The summed E-state index contributed by atoms with van der Waals surface area (Å²) in [4.78, 5) is 16.2. The molecule has 0 N–H and O–H groups in total. The van der Waals surface area contributed by atoms with Gasteiger partial charge in [0.25, 0.3) is 5.56 Å². The van der Waals surface area contributed by atoms with Crippen LogP contribution >= 0.6 is 0 Å². The fourth-order valence-electron chi connectivity index (χ4n) is 2.91. The summed E-state index contributed by atoms with van der Waals surface area (Å²) in [6.07, 6.45) is 7.24. The number of hydrogen-bond donors (Lipinski definition) is 0. The Bertz CT molecular complexity index is 1060. The van der Waals surface area contributed by atoms with E-state index in [0.29, 0.717) is 6.54 Å². The summed E-state index contributed by atoms with van der Waals surface area (Å²) < 4.78 is 3.52. The predicted octanol–water partition coefficient (Wildman–Crippen LogP) is 3.24. The first-order valence-corrected chi connectivity index (χ1v) is 7.86. The number of aryl methyl sites for hydroxylation is 1. The highest BCUT2D eigenvalue weighted by Crippen LogP contribution is 2.34. The minimum atomic E-state index is -0.00268. The van der Waals surface area contributed by atoms with Crippen LogP contribution in [0.5, 0.6) is 0 Å². The van der Waals surface area contributed by atoms with Gasteiger partial charge in [-0.2, -0.15) is 5.10 Å². The topological polar surface area (TPSA) is 52.2 Å². The largest absolute Gasteiger partial charge is 0.315 e. The first kappa shape index (κ1) is 14.4. The molecule has 0 radical (unpaired) electrons. The fourth-order valence-corrected chi connectivity index (χ4v) is 2.91. The van der Waals surface area contributed by atoms with Crippen molar-refractivity contribution in [2.75, 3.05) is 0 Å². The molecule has 5 heteroatoms. The van der Waals surface area contributed by atoms with Crippen LogP contribution in [-0.4, -0.2) is 19.2 Å². The van der Waals surface area contributed by atoms with Gasteiger partial charge < -0.3 is 4.57 Å². The molecule has 0 aliphatic carbocycles. The van der Waals surface area contributed by atoms with Crippen LogP contribution in [0.4, 0.5) is 0 Å². The maximum absolute atomic E-state index is 11.9. The molecule has 3 heterocycles. The molecule has 118 valence electrons. The number of aromatic nitrogens is 4. The van der Waals surface area contributed by atoms with Crippen LogP contribution in [0.3, 0.4) is 0 Å². The first-order chi connectivity index (χ1) is 11.8. The summed E-state index contributed by atoms with van der Waals surface area (Å²) in [5.74, 6) is 0. The van der Waals surface area contributed by atoms with Gasteiger partial charge in [0.1, 0.15) is 5.69 Å². The maximum Gasteiger partial charge on any atom is 0.250 e. The second-order valence-electron chi connectivity index (χ2n) is 5.54. The van der Waals surface area contributed by atoms with Crippen molar-refractivity contribution in [1.82, 2.24) is 19.2 Å². The van der Waals surface area contributed by atoms with Gasteiger partial charge in [-0.05, 0) is 13.0 Å². The van der Waals surface area contributed by atoms with Gasteiger partial charge in [-0.15, -0.1) is 0 Å². The molecule has 0 atom stereocenters. The molecule has 0 spiro atoms. The van der Waals surface area contributed by atoms with Crippen LogP contribution in [-0.2, 0) is 6.54 Å². The lowest BCUT2D eigenvalue weighted by Gasteiger charge is -2.07. The Morgan fingerprint density at radius 2 is 1.88 bits per heavy atom. The van der Waals surface area contributed by atoms with Crippen molar-refractivity contribution in [1.29, 1.82) is 0 Å². The Morgan fingerprint density at radius 1 is 1.04 bits per heavy atom. The molecule has 0 aliphatic rings. The van der Waals surface area contributed by atoms with Crippen molar-refractivity contribution in [3.05, 3.63) is 77.6 Å². The molecule has 4 aromatic rings. The van der Waals surface area contributed by atoms with Gasteiger partial charge in [-0.1, -0.05) is 30.3 Å². The summed E-state index contributed by atoms with van der Waals surface area (Å²) in [5, 5.41) is 4.73. The lowest BCUT2D eigenvalue weighted by Crippen LogP contribution is -2.17. The van der Waals surface area contributed by atoms with Crippen LogP contribution in [0.25, 0.3) is 27.9 Å². The van der Waals surface area contributed by atoms with Crippen molar-refractivity contribution in [3.63, 3.8) is 0 Å². The zero-order chi connectivity index (χ0) is 16.5. The molecule has 3 aromatic heterocycles. The zero-order valence-electron chi connectivity index (χ0n) is 13.3. The van der Waals surface area contributed by atoms with Gasteiger partial charge in [0.15, 0.2) is 0 Å². The van der Waals surface area contributed by atoms with Gasteiger partial charge in [0, 0.05) is 47.9 Å². The molecule has 4 rings (SSSR count). The molecule has 0 bridgehead atoms. The summed E-state index contributed by atoms with van der Waals surface area (Å²) in [6, 6.07) is 13.5. The van der Waals surface area contributed by atoms with E-state index in [0.717, 1.165) is 27.9 Å². The number of hydrogen-bond acceptors (Lipinski definition) is 3. The third-order valence-corrected chi connectivity index (χ3v) is 4.10. The summed E-state index contributed by atoms with van der Waals surface area (Å²) >= 11 is 0. The molecule has 0 aliphatic heterocycles. The van der Waals surface area contributed by atoms with Crippen molar-refractivity contribution in [3.8, 4) is 22.4 Å². The normalized spacial score (nSPS) is 11.0. The number of fused-ring (bicyclic) bond motifs is 1. The van der Waals surface area contributed by atoms with Crippen molar-refractivity contribution in [2.45, 2.75) is 13.5 Å². The average molecular weight is 316 g/mol. The van der Waals surface area contributed by atoms with E-state index in [1.807, 2.05) is 60.2 Å². The smallest absolute Gasteiger partial charge is 0.250 e. The van der Waals surface area contributed by atoms with E-state index >= 15 is 0 Å². The third-order valence-electron chi connectivity index (χ3n) is 4.10. The minimum absolute atomic E-state index is 0.00268. The maximum atomic E-state index is 11.9. The lowest BCUT2D eigenvalue weighted by molar-refractivity contribution is 0.728. The van der Waals surface area contributed by atoms with E-state index in [1.165, 1.54) is 0 Å². The Hall–Kier alpha value is -3.21. The van der Waals surface area contributed by atoms with Crippen LogP contribution < -0.4 is 5.56 Å². The van der Waals surface area contributed by atoms with Gasteiger partial charge in [-0.3, -0.25) is 9.78 Å². The van der Waals surface area contributed by atoms with E-state index in [2.05, 4.69) is 4.98 Å². The molecule has 0 unspecified atom stereocenters. The zero-order valence-corrected chi connectivity index (χ0v) is 13.3. The van der Waals surface area contributed by atoms with Gasteiger partial charge in [-0.25, -0.2) is 4.52 Å². The summed E-state index contributed by atoms with van der Waals surface area (Å²) in [6.45, 7) is 2.59. The first-order valence-electron chi connectivity index (χ1n) is 7.86. The second kappa shape index (κ2) is 5.77. The van der Waals surface area contributed by atoms with Crippen LogP contribution in [0.1, 0.15) is 6.92 Å². The number of rotatable bonds is 3. The lowest BCUT2D eigenvalue weighted by atomic mass is 10.0. The van der Waals surface area contributed by atoms with Crippen molar-refractivity contribution >= 4 is 5.52 Å². The predicted molar refractivity (Wildman–Crippen MR) is 93.8 cm³/mol. The number of benzene rings is 1. The summed E-state index contributed by atoms with van der Waals surface area (Å²) in [7, 11) is 0. The van der Waals surface area contributed by atoms with Crippen LogP contribution in [0, 0.1) is 0 Å². The molecular formula is C19H16N4O. The Morgan fingerprint density at radius 3 is 2.67 bits per heavy atom. The SMILES string of the molecule is CCn1cc(-c2c(-c3ccccc3)nn3ccncc23)ccc1=O. The van der Waals surface area contributed by atoms with E-state index in [1.54, 1.807) is 23.0 Å². The van der Waals surface area contributed by atoms with E-state index < -0.39 is 0 Å². The molecule has 5 nitrogen and oxygen atoms in total. The molecule has 1 aromatic carbocycles. The molecular weight excluding hydrogens is 300 g/mol. The van der Waals surface area contributed by atoms with E-state index in [9.17, 15) is 4.79 Å². The fraction of sp³-hybridized carbons (Fsp3) is 0.105. The highest BCUT2D eigenvalue weighted by Gasteiger charge is 2.17. The highest BCUT2D eigenvalue weighted by molar-refractivity contribution is 5.91. The highest BCUT2D eigenvalue weighted by atomic mass is 16.1. The van der Waals surface area contributed by atoms with Crippen LogP contribution in [0.15, 0.2) is 72.0 Å². The van der Waals surface area contributed by atoms with Crippen LogP contribution in [0.2, 0.25) is 0 Å². The monoisotopic (exact) mass is 316 g/mol.